The lowest BCUT2D eigenvalue weighted by molar-refractivity contribution is 0.277. The van der Waals surface area contributed by atoms with E-state index in [0.29, 0.717) is 11.3 Å². The van der Waals surface area contributed by atoms with Crippen molar-refractivity contribution in [2.24, 2.45) is 5.41 Å². The molecule has 2 aromatic heterocycles. The molecule has 4 nitrogen and oxygen atoms in total. The second kappa shape index (κ2) is 7.58. The quantitative estimate of drug-likeness (QED) is 0.442. The lowest BCUT2D eigenvalue weighted by atomic mass is 9.63. The fourth-order valence-corrected chi connectivity index (χ4v) is 5.77. The molecule has 0 N–H and O–H groups in total. The van der Waals surface area contributed by atoms with Crippen molar-refractivity contribution in [3.8, 4) is 11.3 Å². The van der Waals surface area contributed by atoms with Crippen molar-refractivity contribution in [2.75, 3.05) is 18.0 Å². The standard InChI is InChI=1S/C29H33N3O/c1-18-8-11-24(30-21(18)4)32-14-12-29(13-15-32)16-23(17-29)26-27(31-33-28(26)22-9-10-22)25-19(2)6-5-7-20(25)3/h5-8,11,16,22H,9-10,12-15,17H2,1-4H3. The van der Waals surface area contributed by atoms with Crippen LogP contribution in [0.25, 0.3) is 16.8 Å². The number of hydrogen-bond donors (Lipinski definition) is 0. The summed E-state index contributed by atoms with van der Waals surface area (Å²) in [4.78, 5) is 7.29. The van der Waals surface area contributed by atoms with E-state index in [4.69, 9.17) is 9.51 Å². The van der Waals surface area contributed by atoms with Gasteiger partial charge in [0, 0.05) is 35.8 Å². The van der Waals surface area contributed by atoms with Crippen molar-refractivity contribution in [3.63, 3.8) is 0 Å². The van der Waals surface area contributed by atoms with Gasteiger partial charge in [-0.25, -0.2) is 4.98 Å². The summed E-state index contributed by atoms with van der Waals surface area (Å²) < 4.78 is 6.01. The minimum Gasteiger partial charge on any atom is -0.360 e. The van der Waals surface area contributed by atoms with Crippen LogP contribution in [0.4, 0.5) is 5.82 Å². The Labute approximate surface area is 196 Å². The number of allylic oxidation sites excluding steroid dienone is 2. The van der Waals surface area contributed by atoms with E-state index in [9.17, 15) is 0 Å². The van der Waals surface area contributed by atoms with Crippen molar-refractivity contribution in [1.82, 2.24) is 10.1 Å². The van der Waals surface area contributed by atoms with Gasteiger partial charge in [-0.05, 0) is 93.5 Å². The van der Waals surface area contributed by atoms with Gasteiger partial charge in [0.2, 0.25) is 0 Å². The molecule has 6 rings (SSSR count). The molecule has 1 saturated heterocycles. The summed E-state index contributed by atoms with van der Waals surface area (Å²) in [5.41, 5.74) is 10.3. The van der Waals surface area contributed by atoms with Gasteiger partial charge in [-0.3, -0.25) is 0 Å². The summed E-state index contributed by atoms with van der Waals surface area (Å²) >= 11 is 0. The fourth-order valence-electron chi connectivity index (χ4n) is 5.77. The van der Waals surface area contributed by atoms with Crippen LogP contribution in [0.15, 0.2) is 40.9 Å². The molecule has 1 saturated carbocycles. The summed E-state index contributed by atoms with van der Waals surface area (Å²) in [6.45, 7) is 10.8. The van der Waals surface area contributed by atoms with Crippen LogP contribution in [-0.4, -0.2) is 23.2 Å². The van der Waals surface area contributed by atoms with Gasteiger partial charge in [0.1, 0.15) is 17.3 Å². The van der Waals surface area contributed by atoms with Crippen molar-refractivity contribution in [1.29, 1.82) is 0 Å². The average Bonchev–Trinajstić information content (AvgIpc) is 3.54. The highest BCUT2D eigenvalue weighted by Gasteiger charge is 2.44. The number of benzene rings is 1. The first-order chi connectivity index (χ1) is 15.9. The summed E-state index contributed by atoms with van der Waals surface area (Å²) in [5, 5.41) is 4.64. The molecule has 3 aromatic rings. The molecule has 0 atom stereocenters. The van der Waals surface area contributed by atoms with E-state index in [1.165, 1.54) is 59.1 Å². The number of rotatable bonds is 4. The van der Waals surface area contributed by atoms with Gasteiger partial charge in [0.25, 0.3) is 0 Å². The first kappa shape index (κ1) is 20.7. The summed E-state index contributed by atoms with van der Waals surface area (Å²) in [5.74, 6) is 2.81. The van der Waals surface area contributed by atoms with E-state index >= 15 is 0 Å². The Kier molecular flexibility index (Phi) is 4.76. The van der Waals surface area contributed by atoms with Crippen LogP contribution >= 0.6 is 0 Å². The molecule has 2 aliphatic carbocycles. The molecule has 2 fully saturated rings. The van der Waals surface area contributed by atoms with E-state index < -0.39 is 0 Å². The number of piperidine rings is 1. The Hall–Kier alpha value is -2.88. The second-order valence-corrected chi connectivity index (χ2v) is 10.6. The Morgan fingerprint density at radius 1 is 0.909 bits per heavy atom. The summed E-state index contributed by atoms with van der Waals surface area (Å²) in [6.07, 6.45) is 8.53. The molecule has 3 heterocycles. The number of aryl methyl sites for hydroxylation is 4. The summed E-state index contributed by atoms with van der Waals surface area (Å²) in [6, 6.07) is 10.9. The molecule has 0 unspecified atom stereocenters. The molecule has 4 heteroatoms. The average molecular weight is 440 g/mol. The van der Waals surface area contributed by atoms with Crippen LogP contribution < -0.4 is 4.90 Å². The second-order valence-electron chi connectivity index (χ2n) is 10.6. The van der Waals surface area contributed by atoms with E-state index in [-0.39, 0.29) is 0 Å². The molecule has 3 aliphatic rings. The Balaban J connectivity index is 1.28. The smallest absolute Gasteiger partial charge is 0.147 e. The predicted octanol–water partition coefficient (Wildman–Crippen LogP) is 6.92. The van der Waals surface area contributed by atoms with Gasteiger partial charge in [0.05, 0.1) is 0 Å². The third-order valence-corrected chi connectivity index (χ3v) is 8.15. The monoisotopic (exact) mass is 439 g/mol. The van der Waals surface area contributed by atoms with Crippen molar-refractivity contribution >= 4 is 11.4 Å². The van der Waals surface area contributed by atoms with Crippen LogP contribution in [-0.2, 0) is 0 Å². The zero-order valence-electron chi connectivity index (χ0n) is 20.2. The van der Waals surface area contributed by atoms with Crippen molar-refractivity contribution < 1.29 is 4.52 Å². The van der Waals surface area contributed by atoms with Crippen LogP contribution in [0.2, 0.25) is 0 Å². The molecule has 0 amide bonds. The molecule has 1 aromatic carbocycles. The Bertz CT molecular complexity index is 1240. The summed E-state index contributed by atoms with van der Waals surface area (Å²) in [7, 11) is 0. The molecule has 33 heavy (non-hydrogen) atoms. The van der Waals surface area contributed by atoms with Gasteiger partial charge in [0.15, 0.2) is 0 Å². The SMILES string of the molecule is Cc1ccc(N2CCC3(C=C(c4c(-c5c(C)cccc5C)noc4C4CC4)C3)CC2)nc1C. The third kappa shape index (κ3) is 3.51. The van der Waals surface area contributed by atoms with Crippen LogP contribution in [0.1, 0.15) is 71.7 Å². The van der Waals surface area contributed by atoms with Gasteiger partial charge < -0.3 is 9.42 Å². The van der Waals surface area contributed by atoms with Gasteiger partial charge >= 0.3 is 0 Å². The van der Waals surface area contributed by atoms with Crippen molar-refractivity contribution in [2.45, 2.75) is 65.7 Å². The molecule has 0 radical (unpaired) electrons. The van der Waals surface area contributed by atoms with Crippen LogP contribution in [0.3, 0.4) is 0 Å². The number of aromatic nitrogens is 2. The van der Waals surface area contributed by atoms with E-state index in [1.54, 1.807) is 0 Å². The van der Waals surface area contributed by atoms with Gasteiger partial charge in [-0.1, -0.05) is 35.5 Å². The van der Waals surface area contributed by atoms with E-state index in [1.807, 2.05) is 0 Å². The van der Waals surface area contributed by atoms with Gasteiger partial charge in [-0.2, -0.15) is 0 Å². The molecule has 170 valence electrons. The van der Waals surface area contributed by atoms with Crippen LogP contribution in [0.5, 0.6) is 0 Å². The number of anilines is 1. The van der Waals surface area contributed by atoms with E-state index in [2.05, 4.69) is 74.2 Å². The Morgan fingerprint density at radius 3 is 2.24 bits per heavy atom. The number of hydrogen-bond acceptors (Lipinski definition) is 4. The highest BCUT2D eigenvalue weighted by atomic mass is 16.5. The molecule has 0 bridgehead atoms. The molecule has 1 aliphatic heterocycles. The van der Waals surface area contributed by atoms with E-state index in [0.717, 1.165) is 42.5 Å². The van der Waals surface area contributed by atoms with Gasteiger partial charge in [-0.15, -0.1) is 0 Å². The van der Waals surface area contributed by atoms with Crippen molar-refractivity contribution in [3.05, 3.63) is 70.1 Å². The highest BCUT2D eigenvalue weighted by molar-refractivity contribution is 5.86. The lowest BCUT2D eigenvalue weighted by Crippen LogP contribution is -2.42. The highest BCUT2D eigenvalue weighted by Crippen LogP contribution is 2.56. The Morgan fingerprint density at radius 2 is 1.61 bits per heavy atom. The molecular formula is C29H33N3O. The number of pyridine rings is 1. The minimum absolute atomic E-state index is 0.321. The molecular weight excluding hydrogens is 406 g/mol. The normalized spacial score (nSPS) is 19.5. The minimum atomic E-state index is 0.321. The maximum absolute atomic E-state index is 6.01. The lowest BCUT2D eigenvalue weighted by Gasteiger charge is -2.46. The number of nitrogens with zero attached hydrogens (tertiary/aromatic N) is 3. The zero-order chi connectivity index (χ0) is 22.7. The maximum Gasteiger partial charge on any atom is 0.147 e. The largest absolute Gasteiger partial charge is 0.360 e. The first-order valence-corrected chi connectivity index (χ1v) is 12.4. The maximum atomic E-state index is 6.01. The third-order valence-electron chi connectivity index (χ3n) is 8.15. The molecule has 1 spiro atoms. The zero-order valence-corrected chi connectivity index (χ0v) is 20.2. The van der Waals surface area contributed by atoms with Crippen LogP contribution in [0, 0.1) is 33.1 Å². The first-order valence-electron chi connectivity index (χ1n) is 12.4. The topological polar surface area (TPSA) is 42.2 Å². The fraction of sp³-hybridized carbons (Fsp3) is 0.448. The predicted molar refractivity (Wildman–Crippen MR) is 134 cm³/mol.